The highest BCUT2D eigenvalue weighted by Crippen LogP contribution is 2.22. The van der Waals surface area contributed by atoms with Crippen molar-refractivity contribution in [2.45, 2.75) is 26.3 Å². The molecule has 7 heteroatoms. The third-order valence-electron chi connectivity index (χ3n) is 4.18. The summed E-state index contributed by atoms with van der Waals surface area (Å²) in [5, 5.41) is 0. The molecule has 1 aliphatic rings. The van der Waals surface area contributed by atoms with Crippen LogP contribution in [0.3, 0.4) is 0 Å². The largest absolute Gasteiger partial charge is 0.369 e. The van der Waals surface area contributed by atoms with Crippen LogP contribution in [0.2, 0.25) is 0 Å². The molecule has 0 aliphatic carbocycles. The number of hydrogen-bond donors (Lipinski definition) is 0. The predicted octanol–water partition coefficient (Wildman–Crippen LogP) is 1.19. The van der Waals surface area contributed by atoms with Crippen LogP contribution < -0.4 is 4.90 Å². The highest BCUT2D eigenvalue weighted by atomic mass is 32.2. The predicted molar refractivity (Wildman–Crippen MR) is 87.0 cm³/mol. The van der Waals surface area contributed by atoms with E-state index in [-0.39, 0.29) is 23.5 Å². The summed E-state index contributed by atoms with van der Waals surface area (Å²) in [6.07, 6.45) is 2.28. The molecule has 1 fully saturated rings. The highest BCUT2D eigenvalue weighted by Gasteiger charge is 2.31. The minimum atomic E-state index is -2.91. The van der Waals surface area contributed by atoms with Crippen LogP contribution in [0, 0.1) is 0 Å². The number of rotatable bonds is 5. The Morgan fingerprint density at radius 1 is 1.32 bits per heavy atom. The van der Waals surface area contributed by atoms with Gasteiger partial charge in [-0.1, -0.05) is 0 Å². The van der Waals surface area contributed by atoms with Gasteiger partial charge in [-0.25, -0.2) is 13.4 Å². The Morgan fingerprint density at radius 2 is 2.00 bits per heavy atom. The van der Waals surface area contributed by atoms with Crippen LogP contribution in [0.15, 0.2) is 18.3 Å². The van der Waals surface area contributed by atoms with Crippen LogP contribution in [0.25, 0.3) is 0 Å². The maximum absolute atomic E-state index is 12.2. The van der Waals surface area contributed by atoms with Crippen LogP contribution in [0.1, 0.15) is 30.8 Å². The molecule has 0 aromatic carbocycles. The second-order valence-corrected chi connectivity index (χ2v) is 7.78. The molecule has 6 nitrogen and oxygen atoms in total. The van der Waals surface area contributed by atoms with E-state index in [4.69, 9.17) is 0 Å². The Labute approximate surface area is 132 Å². The van der Waals surface area contributed by atoms with Crippen molar-refractivity contribution in [3.05, 3.63) is 24.0 Å². The summed E-state index contributed by atoms with van der Waals surface area (Å²) in [4.78, 5) is 20.1. The zero-order valence-electron chi connectivity index (χ0n) is 13.3. The number of sulfone groups is 1. The minimum absolute atomic E-state index is 0.0175. The van der Waals surface area contributed by atoms with Gasteiger partial charge in [-0.05, 0) is 32.4 Å². The van der Waals surface area contributed by atoms with Gasteiger partial charge in [0.25, 0.3) is 5.91 Å². The molecule has 2 heterocycles. The molecule has 122 valence electrons. The molecule has 0 N–H and O–H groups in total. The normalized spacial score (nSPS) is 19.9. The number of aromatic nitrogens is 1. The zero-order valence-corrected chi connectivity index (χ0v) is 14.1. The minimum Gasteiger partial charge on any atom is -0.369 e. The van der Waals surface area contributed by atoms with Crippen LogP contribution in [0.4, 0.5) is 5.69 Å². The van der Waals surface area contributed by atoms with Crippen molar-refractivity contribution < 1.29 is 13.2 Å². The fraction of sp³-hybridized carbons (Fsp3) is 0.600. The second-order valence-electron chi connectivity index (χ2n) is 5.55. The molecule has 1 aromatic heterocycles. The molecule has 1 unspecified atom stereocenters. The summed E-state index contributed by atoms with van der Waals surface area (Å²) in [6.45, 7) is 5.17. The molecule has 1 aromatic rings. The highest BCUT2D eigenvalue weighted by molar-refractivity contribution is 7.91. The summed E-state index contributed by atoms with van der Waals surface area (Å²) in [7, 11) is -1.04. The fourth-order valence-corrected chi connectivity index (χ4v) is 4.46. The molecule has 1 saturated heterocycles. The summed E-state index contributed by atoms with van der Waals surface area (Å²) >= 11 is 0. The third-order valence-corrected chi connectivity index (χ3v) is 5.93. The average molecular weight is 325 g/mol. The molecule has 22 heavy (non-hydrogen) atoms. The lowest BCUT2D eigenvalue weighted by molar-refractivity contribution is 0.0767. The standard InChI is InChI=1S/C15H23N3O3S/c1-4-18(5-2)15(19)14-7-6-12(10-16-14)17(3)13-8-9-22(20,21)11-13/h6-7,10,13H,4-5,8-9,11H2,1-3H3. The molecule has 1 atom stereocenters. The van der Waals surface area contributed by atoms with Gasteiger partial charge in [-0.3, -0.25) is 4.79 Å². The first-order valence-electron chi connectivity index (χ1n) is 7.56. The van der Waals surface area contributed by atoms with Crippen molar-refractivity contribution in [2.24, 2.45) is 0 Å². The van der Waals surface area contributed by atoms with Gasteiger partial charge in [0.15, 0.2) is 9.84 Å². The van der Waals surface area contributed by atoms with E-state index in [0.29, 0.717) is 25.2 Å². The number of amides is 1. The molecular weight excluding hydrogens is 302 g/mol. The molecule has 0 spiro atoms. The van der Waals surface area contributed by atoms with E-state index in [1.165, 1.54) is 0 Å². The molecular formula is C15H23N3O3S. The molecule has 0 bridgehead atoms. The number of hydrogen-bond acceptors (Lipinski definition) is 5. The fourth-order valence-electron chi connectivity index (χ4n) is 2.69. The summed E-state index contributed by atoms with van der Waals surface area (Å²) in [5.41, 5.74) is 1.25. The smallest absolute Gasteiger partial charge is 0.272 e. The van der Waals surface area contributed by atoms with Gasteiger partial charge in [0.1, 0.15) is 5.69 Å². The van der Waals surface area contributed by atoms with Crippen LogP contribution in [0.5, 0.6) is 0 Å². The van der Waals surface area contributed by atoms with E-state index in [1.54, 1.807) is 17.2 Å². The van der Waals surface area contributed by atoms with Crippen molar-refractivity contribution in [1.82, 2.24) is 9.88 Å². The number of carbonyl (C=O) groups excluding carboxylic acids is 1. The first-order valence-corrected chi connectivity index (χ1v) is 9.38. The number of anilines is 1. The van der Waals surface area contributed by atoms with E-state index >= 15 is 0 Å². The SMILES string of the molecule is CCN(CC)C(=O)c1ccc(N(C)C2CCS(=O)(=O)C2)cn1. The van der Waals surface area contributed by atoms with Gasteiger partial charge in [0, 0.05) is 26.2 Å². The van der Waals surface area contributed by atoms with Gasteiger partial charge < -0.3 is 9.80 Å². The third kappa shape index (κ3) is 3.58. The van der Waals surface area contributed by atoms with E-state index in [9.17, 15) is 13.2 Å². The van der Waals surface area contributed by atoms with Gasteiger partial charge in [-0.2, -0.15) is 0 Å². The Morgan fingerprint density at radius 3 is 2.45 bits per heavy atom. The van der Waals surface area contributed by atoms with Gasteiger partial charge in [-0.15, -0.1) is 0 Å². The van der Waals surface area contributed by atoms with Crippen molar-refractivity contribution in [1.29, 1.82) is 0 Å². The number of pyridine rings is 1. The molecule has 2 rings (SSSR count). The van der Waals surface area contributed by atoms with Crippen LogP contribution >= 0.6 is 0 Å². The van der Waals surface area contributed by atoms with Crippen molar-refractivity contribution in [2.75, 3.05) is 36.5 Å². The van der Waals surface area contributed by atoms with Crippen molar-refractivity contribution in [3.8, 4) is 0 Å². The zero-order chi connectivity index (χ0) is 16.3. The van der Waals surface area contributed by atoms with E-state index in [1.807, 2.05) is 31.9 Å². The molecule has 0 saturated carbocycles. The van der Waals surface area contributed by atoms with Gasteiger partial charge in [0.2, 0.25) is 0 Å². The van der Waals surface area contributed by atoms with Crippen LogP contribution in [-0.4, -0.2) is 61.9 Å². The topological polar surface area (TPSA) is 70.6 Å². The summed E-state index contributed by atoms with van der Waals surface area (Å²) in [6, 6.07) is 3.51. The Hall–Kier alpha value is -1.63. The Balaban J connectivity index is 2.10. The Kier molecular flexibility index (Phi) is 5.05. The molecule has 0 radical (unpaired) electrons. The van der Waals surface area contributed by atoms with Gasteiger partial charge in [0.05, 0.1) is 23.4 Å². The summed E-state index contributed by atoms with van der Waals surface area (Å²) in [5.74, 6) is 0.347. The lowest BCUT2D eigenvalue weighted by atomic mass is 10.2. The average Bonchev–Trinajstić information content (AvgIpc) is 2.88. The number of carbonyl (C=O) groups is 1. The maximum atomic E-state index is 12.2. The lowest BCUT2D eigenvalue weighted by Crippen LogP contribution is -2.33. The number of nitrogens with zero attached hydrogens (tertiary/aromatic N) is 3. The van der Waals surface area contributed by atoms with Crippen molar-refractivity contribution >= 4 is 21.4 Å². The van der Waals surface area contributed by atoms with Gasteiger partial charge >= 0.3 is 0 Å². The molecule has 1 aliphatic heterocycles. The lowest BCUT2D eigenvalue weighted by Gasteiger charge is -2.25. The first kappa shape index (κ1) is 16.7. The Bertz CT molecular complexity index is 624. The van der Waals surface area contributed by atoms with E-state index < -0.39 is 9.84 Å². The first-order chi connectivity index (χ1) is 10.4. The molecule has 1 amide bonds. The maximum Gasteiger partial charge on any atom is 0.272 e. The van der Waals surface area contributed by atoms with Crippen LogP contribution in [-0.2, 0) is 9.84 Å². The van der Waals surface area contributed by atoms with Crippen molar-refractivity contribution in [3.63, 3.8) is 0 Å². The van der Waals surface area contributed by atoms with E-state index in [0.717, 1.165) is 5.69 Å². The summed E-state index contributed by atoms with van der Waals surface area (Å²) < 4.78 is 23.1. The quantitative estimate of drug-likeness (QED) is 0.813. The monoisotopic (exact) mass is 325 g/mol. The van der Waals surface area contributed by atoms with E-state index in [2.05, 4.69) is 4.98 Å². The second kappa shape index (κ2) is 6.64.